The molecule has 1 N–H and O–H groups in total. The number of carbonyl (C=O) groups excluding carboxylic acids is 1. The second-order valence-electron chi connectivity index (χ2n) is 7.37. The molecule has 0 spiro atoms. The SMILES string of the molecule is O=C(Nc1nncs1)c1cccc2ccc(-c3cccc(N4CCCCC4)c3)nc12. The van der Waals surface area contributed by atoms with Crippen LogP contribution in [0.25, 0.3) is 22.2 Å². The van der Waals surface area contributed by atoms with Gasteiger partial charge in [0.1, 0.15) is 5.51 Å². The van der Waals surface area contributed by atoms with Crippen LogP contribution in [0.2, 0.25) is 0 Å². The van der Waals surface area contributed by atoms with Crippen LogP contribution in [0.1, 0.15) is 29.6 Å². The predicted octanol–water partition coefficient (Wildman–Crippen LogP) is 5.00. The van der Waals surface area contributed by atoms with E-state index < -0.39 is 0 Å². The van der Waals surface area contributed by atoms with E-state index >= 15 is 0 Å². The first-order valence-electron chi connectivity index (χ1n) is 10.1. The summed E-state index contributed by atoms with van der Waals surface area (Å²) in [7, 11) is 0. The first-order chi connectivity index (χ1) is 14.8. The van der Waals surface area contributed by atoms with Gasteiger partial charge in [-0.05, 0) is 43.5 Å². The van der Waals surface area contributed by atoms with Crippen LogP contribution < -0.4 is 10.2 Å². The highest BCUT2D eigenvalue weighted by Crippen LogP contribution is 2.28. The molecule has 7 heteroatoms. The van der Waals surface area contributed by atoms with E-state index in [-0.39, 0.29) is 5.91 Å². The molecule has 1 fully saturated rings. The zero-order valence-electron chi connectivity index (χ0n) is 16.4. The maximum atomic E-state index is 12.8. The number of hydrogen-bond donors (Lipinski definition) is 1. The molecule has 5 rings (SSSR count). The maximum absolute atomic E-state index is 12.8. The Balaban J connectivity index is 1.51. The summed E-state index contributed by atoms with van der Waals surface area (Å²) in [6.45, 7) is 2.20. The second-order valence-corrected chi connectivity index (χ2v) is 8.20. The van der Waals surface area contributed by atoms with E-state index in [1.807, 2.05) is 24.3 Å². The fraction of sp³-hybridized carbons (Fsp3) is 0.217. The van der Waals surface area contributed by atoms with E-state index in [0.717, 1.165) is 29.7 Å². The largest absolute Gasteiger partial charge is 0.372 e. The van der Waals surface area contributed by atoms with Gasteiger partial charge < -0.3 is 4.90 Å². The van der Waals surface area contributed by atoms with Gasteiger partial charge in [-0.15, -0.1) is 10.2 Å². The Bertz CT molecular complexity index is 1190. The quantitative estimate of drug-likeness (QED) is 0.508. The molecule has 0 atom stereocenters. The van der Waals surface area contributed by atoms with E-state index in [9.17, 15) is 4.79 Å². The number of benzene rings is 2. The Morgan fingerprint density at radius 3 is 2.70 bits per heavy atom. The maximum Gasteiger partial charge on any atom is 0.259 e. The molecule has 4 aromatic rings. The molecule has 0 radical (unpaired) electrons. The number of nitrogens with one attached hydrogen (secondary N) is 1. The molecule has 1 saturated heterocycles. The fourth-order valence-corrected chi connectivity index (χ4v) is 4.34. The third-order valence-corrected chi connectivity index (χ3v) is 6.02. The molecule has 150 valence electrons. The molecule has 1 aliphatic heterocycles. The summed E-state index contributed by atoms with van der Waals surface area (Å²) in [6.07, 6.45) is 3.79. The van der Waals surface area contributed by atoms with Crippen molar-refractivity contribution in [2.75, 3.05) is 23.3 Å². The smallest absolute Gasteiger partial charge is 0.259 e. The van der Waals surface area contributed by atoms with Crippen molar-refractivity contribution in [1.29, 1.82) is 0 Å². The Labute approximate surface area is 178 Å². The van der Waals surface area contributed by atoms with E-state index in [0.29, 0.717) is 16.2 Å². The van der Waals surface area contributed by atoms with Crippen molar-refractivity contribution in [2.24, 2.45) is 0 Å². The van der Waals surface area contributed by atoms with E-state index in [4.69, 9.17) is 4.98 Å². The van der Waals surface area contributed by atoms with Crippen molar-refractivity contribution >= 4 is 39.0 Å². The summed E-state index contributed by atoms with van der Waals surface area (Å²) >= 11 is 1.29. The number of piperidine rings is 1. The van der Waals surface area contributed by atoms with Gasteiger partial charge in [-0.25, -0.2) is 4.98 Å². The summed E-state index contributed by atoms with van der Waals surface area (Å²) in [5.74, 6) is -0.232. The van der Waals surface area contributed by atoms with Gasteiger partial charge in [0.2, 0.25) is 5.13 Å². The van der Waals surface area contributed by atoms with Crippen LogP contribution in [0.15, 0.2) is 60.1 Å². The van der Waals surface area contributed by atoms with Gasteiger partial charge in [0.05, 0.1) is 16.8 Å². The number of hydrogen-bond acceptors (Lipinski definition) is 6. The van der Waals surface area contributed by atoms with Gasteiger partial charge in [0.25, 0.3) is 5.91 Å². The van der Waals surface area contributed by atoms with Crippen LogP contribution in [0, 0.1) is 0 Å². The minimum absolute atomic E-state index is 0.232. The molecule has 2 aromatic carbocycles. The first kappa shape index (κ1) is 18.7. The predicted molar refractivity (Wildman–Crippen MR) is 121 cm³/mol. The zero-order valence-corrected chi connectivity index (χ0v) is 17.2. The molecule has 1 aliphatic rings. The van der Waals surface area contributed by atoms with Crippen molar-refractivity contribution < 1.29 is 4.79 Å². The Hall–Kier alpha value is -3.32. The fourth-order valence-electron chi connectivity index (χ4n) is 3.90. The number of rotatable bonds is 4. The van der Waals surface area contributed by atoms with Gasteiger partial charge >= 0.3 is 0 Å². The van der Waals surface area contributed by atoms with Crippen molar-refractivity contribution in [1.82, 2.24) is 15.2 Å². The van der Waals surface area contributed by atoms with Gasteiger partial charge in [0.15, 0.2) is 0 Å². The highest BCUT2D eigenvalue weighted by molar-refractivity contribution is 7.13. The molecule has 2 aromatic heterocycles. The van der Waals surface area contributed by atoms with Gasteiger partial charge in [-0.2, -0.15) is 0 Å². The summed E-state index contributed by atoms with van der Waals surface area (Å²) in [5.41, 5.74) is 5.94. The lowest BCUT2D eigenvalue weighted by Gasteiger charge is -2.29. The molecular weight excluding hydrogens is 394 g/mol. The van der Waals surface area contributed by atoms with E-state index in [1.165, 1.54) is 36.3 Å². The van der Waals surface area contributed by atoms with Crippen molar-refractivity contribution in [3.05, 3.63) is 65.7 Å². The number of aromatic nitrogens is 3. The normalized spacial score (nSPS) is 14.1. The standard InChI is InChI=1S/C23H21N5OS/c29-22(26-23-27-24-15-30-23)19-9-5-6-16-10-11-20(25-21(16)19)17-7-4-8-18(14-17)28-12-2-1-3-13-28/h4-11,14-15H,1-3,12-13H2,(H,26,27,29). The van der Waals surface area contributed by atoms with Gasteiger partial charge in [-0.3, -0.25) is 10.1 Å². The van der Waals surface area contributed by atoms with E-state index in [2.05, 4.69) is 44.7 Å². The monoisotopic (exact) mass is 415 g/mol. The number of para-hydroxylation sites is 1. The van der Waals surface area contributed by atoms with Gasteiger partial charge in [0, 0.05) is 29.7 Å². The number of nitrogens with zero attached hydrogens (tertiary/aromatic N) is 4. The molecule has 1 amide bonds. The molecule has 0 aliphatic carbocycles. The Morgan fingerprint density at radius 2 is 1.87 bits per heavy atom. The van der Waals surface area contributed by atoms with Gasteiger partial charge in [-0.1, -0.05) is 41.7 Å². The van der Waals surface area contributed by atoms with Crippen LogP contribution in [-0.4, -0.2) is 34.2 Å². The lowest BCUT2D eigenvalue weighted by atomic mass is 10.0. The van der Waals surface area contributed by atoms with Crippen LogP contribution in [-0.2, 0) is 0 Å². The van der Waals surface area contributed by atoms with Crippen LogP contribution in [0.3, 0.4) is 0 Å². The minimum Gasteiger partial charge on any atom is -0.372 e. The number of fused-ring (bicyclic) bond motifs is 1. The topological polar surface area (TPSA) is 71.0 Å². The highest BCUT2D eigenvalue weighted by Gasteiger charge is 2.15. The molecule has 0 saturated carbocycles. The second kappa shape index (κ2) is 8.20. The number of carbonyl (C=O) groups is 1. The highest BCUT2D eigenvalue weighted by atomic mass is 32.1. The Kier molecular flexibility index (Phi) is 5.11. The van der Waals surface area contributed by atoms with Crippen molar-refractivity contribution in [3.63, 3.8) is 0 Å². The number of amides is 1. The first-order valence-corrected chi connectivity index (χ1v) is 11.0. The summed E-state index contributed by atoms with van der Waals surface area (Å²) in [4.78, 5) is 20.1. The minimum atomic E-state index is -0.232. The third kappa shape index (κ3) is 3.76. The summed E-state index contributed by atoms with van der Waals surface area (Å²) in [6, 6.07) is 18.2. The van der Waals surface area contributed by atoms with Crippen LogP contribution >= 0.6 is 11.3 Å². The third-order valence-electron chi connectivity index (χ3n) is 5.41. The molecule has 30 heavy (non-hydrogen) atoms. The zero-order chi connectivity index (χ0) is 20.3. The van der Waals surface area contributed by atoms with Crippen LogP contribution in [0.4, 0.5) is 10.8 Å². The van der Waals surface area contributed by atoms with Crippen molar-refractivity contribution in [3.8, 4) is 11.3 Å². The molecule has 3 heterocycles. The Morgan fingerprint density at radius 1 is 1.00 bits per heavy atom. The van der Waals surface area contributed by atoms with E-state index in [1.54, 1.807) is 11.6 Å². The lowest BCUT2D eigenvalue weighted by Crippen LogP contribution is -2.29. The molecule has 6 nitrogen and oxygen atoms in total. The summed E-state index contributed by atoms with van der Waals surface area (Å²) in [5, 5.41) is 11.9. The molecule has 0 bridgehead atoms. The van der Waals surface area contributed by atoms with Crippen LogP contribution in [0.5, 0.6) is 0 Å². The molecular formula is C23H21N5OS. The number of anilines is 2. The summed E-state index contributed by atoms with van der Waals surface area (Å²) < 4.78 is 0. The average Bonchev–Trinajstić information content (AvgIpc) is 3.32. The lowest BCUT2D eigenvalue weighted by molar-refractivity contribution is 0.102. The average molecular weight is 416 g/mol. The number of pyridine rings is 1. The van der Waals surface area contributed by atoms with Crippen molar-refractivity contribution in [2.45, 2.75) is 19.3 Å². The molecule has 0 unspecified atom stereocenters.